The number of aryl methyl sites for hydroxylation is 2. The van der Waals surface area contributed by atoms with Gasteiger partial charge in [0.05, 0.1) is 26.4 Å². The molecule has 2 amide bonds. The molecule has 53 heavy (non-hydrogen) atoms. The van der Waals surface area contributed by atoms with E-state index in [4.69, 9.17) is 9.47 Å². The van der Waals surface area contributed by atoms with Gasteiger partial charge in [0.1, 0.15) is 11.8 Å². The fourth-order valence-corrected chi connectivity index (χ4v) is 4.84. The zero-order valence-corrected chi connectivity index (χ0v) is 32.9. The maximum Gasteiger partial charge on any atom is 0.330 e. The third-order valence-corrected chi connectivity index (χ3v) is 8.37. The third-order valence-electron chi connectivity index (χ3n) is 8.37. The quantitative estimate of drug-likeness (QED) is 0.0394. The summed E-state index contributed by atoms with van der Waals surface area (Å²) in [6.07, 6.45) is 33.0. The summed E-state index contributed by atoms with van der Waals surface area (Å²) < 4.78 is 11.2. The zero-order chi connectivity index (χ0) is 39.2. The van der Waals surface area contributed by atoms with Gasteiger partial charge in [-0.1, -0.05) is 106 Å². The molecule has 1 aromatic carbocycles. The van der Waals surface area contributed by atoms with Crippen LogP contribution < -0.4 is 15.4 Å². The molecule has 1 aromatic rings. The van der Waals surface area contributed by atoms with E-state index >= 15 is 0 Å². The molecule has 1 unspecified atom stereocenters. The summed E-state index contributed by atoms with van der Waals surface area (Å²) in [6.45, 7) is 9.06. The maximum atomic E-state index is 13.3. The van der Waals surface area contributed by atoms with Gasteiger partial charge in [0.25, 0.3) is 0 Å². The molecule has 0 saturated heterocycles. The number of aliphatic hydroxyl groups is 2. The minimum absolute atomic E-state index is 0.151. The highest BCUT2D eigenvalue weighted by Crippen LogP contribution is 2.24. The average molecular weight is 735 g/mol. The number of ether oxygens (including phenoxy) is 2. The Balaban J connectivity index is 2.49. The molecule has 9 nitrogen and oxygen atoms in total. The smallest absolute Gasteiger partial charge is 0.330 e. The highest BCUT2D eigenvalue weighted by atomic mass is 16.5. The number of benzene rings is 1. The van der Waals surface area contributed by atoms with E-state index < -0.39 is 23.3 Å². The molecule has 0 aliphatic carbocycles. The topological polar surface area (TPSA) is 134 Å². The van der Waals surface area contributed by atoms with Crippen molar-refractivity contribution in [1.82, 2.24) is 10.6 Å². The molecule has 1 atom stereocenters. The number of nitrogens with one attached hydrogen (secondary N) is 2. The van der Waals surface area contributed by atoms with Crippen molar-refractivity contribution < 1.29 is 34.1 Å². The predicted molar refractivity (Wildman–Crippen MR) is 215 cm³/mol. The van der Waals surface area contributed by atoms with Crippen LogP contribution in [0.2, 0.25) is 0 Å². The summed E-state index contributed by atoms with van der Waals surface area (Å²) >= 11 is 0. The van der Waals surface area contributed by atoms with E-state index in [0.717, 1.165) is 55.4 Å². The van der Waals surface area contributed by atoms with Gasteiger partial charge in [-0.25, -0.2) is 4.79 Å². The van der Waals surface area contributed by atoms with Gasteiger partial charge in [-0.3, -0.25) is 9.59 Å². The van der Waals surface area contributed by atoms with Crippen molar-refractivity contribution in [2.45, 2.75) is 105 Å². The lowest BCUT2D eigenvalue weighted by atomic mass is 9.86. The summed E-state index contributed by atoms with van der Waals surface area (Å²) in [5.74, 6) is -1.20. The SMILES string of the molecule is CC/C=C\C/C=C\C/C=C\C/C=C\C/C=C\C/C=C\CCC(=O)NCC(NC(=O)C(C)(C)CCCOc1cc(C)ccc1C)C(=O)OCC(CO)CO. The largest absolute Gasteiger partial charge is 0.493 e. The van der Waals surface area contributed by atoms with Gasteiger partial charge in [-0.15, -0.1) is 0 Å². The van der Waals surface area contributed by atoms with E-state index in [1.54, 1.807) is 13.8 Å². The molecule has 1 rings (SSSR count). The highest BCUT2D eigenvalue weighted by molar-refractivity contribution is 5.88. The van der Waals surface area contributed by atoms with E-state index in [9.17, 15) is 24.6 Å². The second-order valence-corrected chi connectivity index (χ2v) is 13.8. The minimum Gasteiger partial charge on any atom is -0.493 e. The van der Waals surface area contributed by atoms with Gasteiger partial charge < -0.3 is 30.3 Å². The minimum atomic E-state index is -1.14. The average Bonchev–Trinajstić information content (AvgIpc) is 3.14. The molecule has 0 spiro atoms. The van der Waals surface area contributed by atoms with Crippen LogP contribution in [0.5, 0.6) is 5.75 Å². The summed E-state index contributed by atoms with van der Waals surface area (Å²) in [5.41, 5.74) is 1.31. The Morgan fingerprint density at radius 1 is 0.811 bits per heavy atom. The van der Waals surface area contributed by atoms with Crippen LogP contribution in [0.4, 0.5) is 0 Å². The fourth-order valence-electron chi connectivity index (χ4n) is 4.84. The predicted octanol–water partition coefficient (Wildman–Crippen LogP) is 7.71. The summed E-state index contributed by atoms with van der Waals surface area (Å²) in [4.78, 5) is 38.9. The number of allylic oxidation sites excluding steroid dienone is 12. The maximum absolute atomic E-state index is 13.3. The first kappa shape index (κ1) is 46.8. The third kappa shape index (κ3) is 23.2. The zero-order valence-electron chi connectivity index (χ0n) is 32.9. The number of hydrogen-bond acceptors (Lipinski definition) is 7. The Labute approximate surface area is 319 Å². The fraction of sp³-hybridized carbons (Fsp3) is 0.523. The summed E-state index contributed by atoms with van der Waals surface area (Å²) in [7, 11) is 0. The molecular weight excluding hydrogens is 668 g/mol. The lowest BCUT2D eigenvalue weighted by molar-refractivity contribution is -0.151. The van der Waals surface area contributed by atoms with Crippen molar-refractivity contribution in [3.05, 3.63) is 102 Å². The van der Waals surface area contributed by atoms with E-state index in [1.807, 2.05) is 44.2 Å². The van der Waals surface area contributed by atoms with Crippen LogP contribution in [0.1, 0.15) is 96.1 Å². The van der Waals surface area contributed by atoms with Crippen molar-refractivity contribution >= 4 is 17.8 Å². The first-order chi connectivity index (χ1) is 25.5. The molecule has 0 bridgehead atoms. The van der Waals surface area contributed by atoms with Crippen LogP contribution >= 0.6 is 0 Å². The van der Waals surface area contributed by atoms with Gasteiger partial charge in [-0.05, 0) is 88.8 Å². The van der Waals surface area contributed by atoms with Gasteiger partial charge in [0, 0.05) is 24.3 Å². The molecule has 0 fully saturated rings. The first-order valence-electron chi connectivity index (χ1n) is 19.1. The Morgan fingerprint density at radius 3 is 1.91 bits per heavy atom. The molecule has 0 radical (unpaired) electrons. The van der Waals surface area contributed by atoms with Gasteiger partial charge in [0.2, 0.25) is 11.8 Å². The molecule has 4 N–H and O–H groups in total. The Morgan fingerprint density at radius 2 is 1.36 bits per heavy atom. The van der Waals surface area contributed by atoms with E-state index in [2.05, 4.69) is 78.3 Å². The summed E-state index contributed by atoms with van der Waals surface area (Å²) in [6, 6.07) is 4.88. The van der Waals surface area contributed by atoms with E-state index in [1.165, 1.54) is 0 Å². The number of esters is 1. The van der Waals surface area contributed by atoms with E-state index in [-0.39, 0.29) is 44.6 Å². The molecule has 0 aliphatic rings. The lowest BCUT2D eigenvalue weighted by Gasteiger charge is -2.27. The molecule has 294 valence electrons. The standard InChI is InChI=1S/C44H66N2O7/c1-6-7-8-9-10-11-12-13-14-15-16-17-18-19-20-21-22-23-24-26-41(49)45-32-39(42(50)53-35-38(33-47)34-48)46-43(51)44(4,5)29-25-30-52-40-31-36(2)27-28-37(40)3/h7-8,10-11,13-14,16-17,19-20,22-23,27-28,31,38-39,47-48H,6,9,12,15,18,21,24-26,29-30,32-35H2,1-5H3,(H,45,49)(H,46,51)/b8-7-,11-10-,14-13-,17-16-,20-19-,23-22-. The number of hydrogen-bond donors (Lipinski definition) is 4. The van der Waals surface area contributed by atoms with Crippen molar-refractivity contribution in [1.29, 1.82) is 0 Å². The monoisotopic (exact) mass is 734 g/mol. The Hall–Kier alpha value is -4.21. The van der Waals surface area contributed by atoms with Crippen LogP contribution in [-0.4, -0.2) is 67.0 Å². The number of rotatable bonds is 28. The van der Waals surface area contributed by atoms with Gasteiger partial charge in [-0.2, -0.15) is 0 Å². The molecule has 0 heterocycles. The summed E-state index contributed by atoms with van der Waals surface area (Å²) in [5, 5.41) is 24.2. The van der Waals surface area contributed by atoms with Gasteiger partial charge in [0.15, 0.2) is 0 Å². The number of aliphatic hydroxyl groups excluding tert-OH is 2. The molecule has 0 saturated carbocycles. The van der Waals surface area contributed by atoms with Crippen LogP contribution in [0.15, 0.2) is 91.1 Å². The van der Waals surface area contributed by atoms with Gasteiger partial charge >= 0.3 is 5.97 Å². The van der Waals surface area contributed by atoms with Crippen LogP contribution in [-0.2, 0) is 19.1 Å². The van der Waals surface area contributed by atoms with Crippen LogP contribution in [0.3, 0.4) is 0 Å². The highest BCUT2D eigenvalue weighted by Gasteiger charge is 2.32. The van der Waals surface area contributed by atoms with Crippen LogP contribution in [0.25, 0.3) is 0 Å². The number of carbonyl (C=O) groups excluding carboxylic acids is 3. The Bertz CT molecular complexity index is 1370. The lowest BCUT2D eigenvalue weighted by Crippen LogP contribution is -2.52. The second-order valence-electron chi connectivity index (χ2n) is 13.8. The van der Waals surface area contributed by atoms with Crippen LogP contribution in [0, 0.1) is 25.2 Å². The Kier molecular flexibility index (Phi) is 25.8. The van der Waals surface area contributed by atoms with Crippen molar-refractivity contribution in [3.63, 3.8) is 0 Å². The molecule has 0 aromatic heterocycles. The number of carbonyl (C=O) groups is 3. The molecule has 0 aliphatic heterocycles. The second kappa shape index (κ2) is 29.3. The van der Waals surface area contributed by atoms with E-state index in [0.29, 0.717) is 25.9 Å². The molecule has 9 heteroatoms. The van der Waals surface area contributed by atoms with Crippen molar-refractivity contribution in [2.24, 2.45) is 11.3 Å². The first-order valence-corrected chi connectivity index (χ1v) is 19.1. The molecular formula is C44H66N2O7. The van der Waals surface area contributed by atoms with Crippen molar-refractivity contribution in [3.8, 4) is 5.75 Å². The number of amides is 2. The van der Waals surface area contributed by atoms with Crippen molar-refractivity contribution in [2.75, 3.05) is 33.0 Å². The normalized spacial score (nSPS) is 13.1.